The van der Waals surface area contributed by atoms with Crippen LogP contribution in [-0.4, -0.2) is 32.3 Å². The van der Waals surface area contributed by atoms with E-state index >= 15 is 0 Å². The molecule has 0 fully saturated rings. The Morgan fingerprint density at radius 2 is 1.56 bits per heavy atom. The molecule has 2 aromatic carbocycles. The smallest absolute Gasteiger partial charge is 0.350 e. The largest absolute Gasteiger partial charge is 0.497 e. The van der Waals surface area contributed by atoms with Gasteiger partial charge in [0, 0.05) is 5.39 Å². The van der Waals surface area contributed by atoms with Gasteiger partial charge in [0.15, 0.2) is 0 Å². The van der Waals surface area contributed by atoms with Crippen LogP contribution >= 0.6 is 11.3 Å². The lowest BCUT2D eigenvalue weighted by molar-refractivity contribution is 0.0607. The van der Waals surface area contributed by atoms with Gasteiger partial charge < -0.3 is 19.9 Å². The highest BCUT2D eigenvalue weighted by Crippen LogP contribution is 2.40. The van der Waals surface area contributed by atoms with E-state index in [2.05, 4.69) is 0 Å². The van der Waals surface area contributed by atoms with E-state index in [0.29, 0.717) is 15.4 Å². The number of thiophene rings is 1. The number of fused-ring (bicyclic) bond motifs is 1. The van der Waals surface area contributed by atoms with Crippen molar-refractivity contribution in [2.24, 2.45) is 0 Å². The van der Waals surface area contributed by atoms with Crippen LogP contribution in [0.1, 0.15) is 20.9 Å². The molecule has 0 radical (unpaired) electrons. The van der Waals surface area contributed by atoms with Crippen LogP contribution in [0.3, 0.4) is 0 Å². The molecule has 0 unspecified atom stereocenters. The van der Waals surface area contributed by atoms with E-state index in [1.807, 2.05) is 66.7 Å². The number of hydrogen-bond donors (Lipinski definition) is 1. The van der Waals surface area contributed by atoms with E-state index in [4.69, 9.17) is 24.9 Å². The van der Waals surface area contributed by atoms with Crippen molar-refractivity contribution in [3.05, 3.63) is 70.7 Å². The van der Waals surface area contributed by atoms with E-state index in [1.54, 1.807) is 14.2 Å². The third-order valence-corrected chi connectivity index (χ3v) is 6.13. The highest BCUT2D eigenvalue weighted by atomic mass is 32.1. The summed E-state index contributed by atoms with van der Waals surface area (Å²) in [6.07, 6.45) is 3.91. The second-order valence-corrected chi connectivity index (χ2v) is 7.95. The number of benzene rings is 2. The van der Waals surface area contributed by atoms with Gasteiger partial charge in [0.2, 0.25) is 0 Å². The summed E-state index contributed by atoms with van der Waals surface area (Å²) in [7, 11) is 4.61. The summed E-state index contributed by atoms with van der Waals surface area (Å²) in [5, 5.41) is 0.738. The second-order valence-electron chi connectivity index (χ2n) is 6.95. The summed E-state index contributed by atoms with van der Waals surface area (Å²) in [5.41, 5.74) is 10.3. The summed E-state index contributed by atoms with van der Waals surface area (Å²) in [6.45, 7) is 0. The molecular weight excluding hydrogens is 424 g/mol. The summed E-state index contributed by atoms with van der Waals surface area (Å²) < 4.78 is 15.4. The zero-order valence-corrected chi connectivity index (χ0v) is 18.7. The number of aromatic nitrogens is 1. The molecule has 2 N–H and O–H groups in total. The molecule has 0 bridgehead atoms. The van der Waals surface area contributed by atoms with Crippen molar-refractivity contribution in [2.45, 2.75) is 0 Å². The second kappa shape index (κ2) is 9.11. The van der Waals surface area contributed by atoms with E-state index in [9.17, 15) is 4.79 Å². The molecule has 0 aliphatic carbocycles. The Morgan fingerprint density at radius 1 is 0.938 bits per heavy atom. The third kappa shape index (κ3) is 4.15. The molecule has 4 aromatic rings. The number of ether oxygens (including phenoxy) is 3. The number of rotatable bonds is 6. The van der Waals surface area contributed by atoms with E-state index < -0.39 is 5.97 Å². The quantitative estimate of drug-likeness (QED) is 0.393. The maximum Gasteiger partial charge on any atom is 0.350 e. The average Bonchev–Trinajstić information content (AvgIpc) is 3.18. The Balaban J connectivity index is 1.84. The first kappa shape index (κ1) is 21.4. The van der Waals surface area contributed by atoms with Gasteiger partial charge in [-0.05, 0) is 53.1 Å². The molecular formula is C25H22N2O4S. The van der Waals surface area contributed by atoms with Gasteiger partial charge in [-0.1, -0.05) is 30.3 Å². The van der Waals surface area contributed by atoms with Crippen LogP contribution in [0.25, 0.3) is 33.5 Å². The number of esters is 1. The SMILES string of the molecule is COC(=O)c1sc2nc(/C=C/c3ccc(OC)cc3)cc(-c3ccc(OC)cc3)c2c1N. The van der Waals surface area contributed by atoms with Crippen molar-refractivity contribution in [1.82, 2.24) is 4.98 Å². The molecule has 0 saturated carbocycles. The lowest BCUT2D eigenvalue weighted by Crippen LogP contribution is -2.01. The van der Waals surface area contributed by atoms with Gasteiger partial charge in [0.25, 0.3) is 0 Å². The number of pyridine rings is 1. The van der Waals surface area contributed by atoms with Crippen LogP contribution in [0.5, 0.6) is 11.5 Å². The van der Waals surface area contributed by atoms with Crippen LogP contribution in [-0.2, 0) is 4.74 Å². The van der Waals surface area contributed by atoms with Crippen molar-refractivity contribution in [3.8, 4) is 22.6 Å². The highest BCUT2D eigenvalue weighted by Gasteiger charge is 2.21. The van der Waals surface area contributed by atoms with Crippen LogP contribution in [0, 0.1) is 0 Å². The number of carbonyl (C=O) groups is 1. The van der Waals surface area contributed by atoms with Gasteiger partial charge in [-0.25, -0.2) is 9.78 Å². The Kier molecular flexibility index (Phi) is 6.09. The standard InChI is InChI=1S/C25H22N2O4S/c1-29-18-10-5-15(6-11-18)4-9-17-14-20(16-7-12-19(30-2)13-8-16)21-22(26)23(25(28)31-3)32-24(21)27-17/h4-14H,26H2,1-3H3/b9-4+. The molecule has 0 aliphatic heterocycles. The van der Waals surface area contributed by atoms with Gasteiger partial charge in [-0.3, -0.25) is 0 Å². The van der Waals surface area contributed by atoms with Crippen molar-refractivity contribution in [3.63, 3.8) is 0 Å². The molecule has 162 valence electrons. The Bertz CT molecular complexity index is 1290. The zero-order chi connectivity index (χ0) is 22.7. The number of carbonyl (C=O) groups excluding carboxylic acids is 1. The Hall–Kier alpha value is -3.84. The summed E-state index contributed by atoms with van der Waals surface area (Å²) in [5.74, 6) is 1.08. The first-order valence-electron chi connectivity index (χ1n) is 9.82. The predicted octanol–water partition coefficient (Wildman–Crippen LogP) is 5.52. The van der Waals surface area contributed by atoms with Crippen LogP contribution in [0.15, 0.2) is 54.6 Å². The molecule has 0 aliphatic rings. The van der Waals surface area contributed by atoms with Crippen LogP contribution < -0.4 is 15.2 Å². The fourth-order valence-electron chi connectivity index (χ4n) is 3.36. The van der Waals surface area contributed by atoms with Crippen LogP contribution in [0.4, 0.5) is 5.69 Å². The molecule has 32 heavy (non-hydrogen) atoms. The van der Waals surface area contributed by atoms with Gasteiger partial charge >= 0.3 is 5.97 Å². The van der Waals surface area contributed by atoms with E-state index in [-0.39, 0.29) is 0 Å². The van der Waals surface area contributed by atoms with Gasteiger partial charge in [0.05, 0.1) is 32.7 Å². The van der Waals surface area contributed by atoms with E-state index in [1.165, 1.54) is 18.4 Å². The van der Waals surface area contributed by atoms with Crippen molar-refractivity contribution < 1.29 is 19.0 Å². The molecule has 0 amide bonds. The molecule has 4 rings (SSSR count). The molecule has 0 saturated heterocycles. The predicted molar refractivity (Wildman–Crippen MR) is 129 cm³/mol. The number of nitrogens with zero attached hydrogens (tertiary/aromatic N) is 1. The number of nitrogen functional groups attached to an aromatic ring is 1. The lowest BCUT2D eigenvalue weighted by atomic mass is 10.0. The monoisotopic (exact) mass is 446 g/mol. The Morgan fingerprint density at radius 3 is 2.16 bits per heavy atom. The first-order chi connectivity index (χ1) is 15.5. The molecule has 2 heterocycles. The zero-order valence-electron chi connectivity index (χ0n) is 17.9. The average molecular weight is 447 g/mol. The van der Waals surface area contributed by atoms with Crippen molar-refractivity contribution in [1.29, 1.82) is 0 Å². The Labute approximate surface area is 189 Å². The van der Waals surface area contributed by atoms with Gasteiger partial charge in [0.1, 0.15) is 21.2 Å². The topological polar surface area (TPSA) is 83.7 Å². The van der Waals surface area contributed by atoms with Crippen molar-refractivity contribution >= 4 is 45.4 Å². The minimum atomic E-state index is -0.471. The van der Waals surface area contributed by atoms with Crippen molar-refractivity contribution in [2.75, 3.05) is 27.1 Å². The number of anilines is 1. The molecule has 6 nitrogen and oxygen atoms in total. The molecule has 2 aromatic heterocycles. The molecule has 0 spiro atoms. The summed E-state index contributed by atoms with van der Waals surface area (Å²) >= 11 is 1.23. The normalized spacial score (nSPS) is 11.1. The minimum absolute atomic E-state index is 0.348. The highest BCUT2D eigenvalue weighted by molar-refractivity contribution is 7.21. The van der Waals surface area contributed by atoms with E-state index in [0.717, 1.165) is 39.3 Å². The summed E-state index contributed by atoms with van der Waals surface area (Å²) in [4.78, 5) is 18.0. The first-order valence-corrected chi connectivity index (χ1v) is 10.6. The van der Waals surface area contributed by atoms with Crippen LogP contribution in [0.2, 0.25) is 0 Å². The lowest BCUT2D eigenvalue weighted by Gasteiger charge is -2.08. The fourth-order valence-corrected chi connectivity index (χ4v) is 4.41. The fraction of sp³-hybridized carbons (Fsp3) is 0.120. The summed E-state index contributed by atoms with van der Waals surface area (Å²) in [6, 6.07) is 17.4. The van der Waals surface area contributed by atoms with Gasteiger partial charge in [-0.15, -0.1) is 11.3 Å². The maximum atomic E-state index is 12.2. The van der Waals surface area contributed by atoms with Gasteiger partial charge in [-0.2, -0.15) is 0 Å². The number of nitrogens with two attached hydrogens (primary N) is 1. The number of hydrogen-bond acceptors (Lipinski definition) is 7. The number of methoxy groups -OCH3 is 3. The maximum absolute atomic E-state index is 12.2. The molecule has 7 heteroatoms. The third-order valence-electron chi connectivity index (χ3n) is 5.05. The molecule has 0 atom stereocenters. The minimum Gasteiger partial charge on any atom is -0.497 e.